The van der Waals surface area contributed by atoms with Crippen molar-refractivity contribution in [3.05, 3.63) is 62.9 Å². The van der Waals surface area contributed by atoms with Crippen LogP contribution in [-0.2, 0) is 29.7 Å². The van der Waals surface area contributed by atoms with Gasteiger partial charge in [0.25, 0.3) is 5.69 Å². The number of rotatable bonds is 9. The molecular formula is C20H24ClN5O4S. The zero-order valence-electron chi connectivity index (χ0n) is 17.3. The Labute approximate surface area is 185 Å². The molecule has 0 atom stereocenters. The fourth-order valence-electron chi connectivity index (χ4n) is 3.41. The minimum Gasteiger partial charge on any atom is -0.327 e. The molecule has 0 bridgehead atoms. The lowest BCUT2D eigenvalue weighted by atomic mass is 10.2. The monoisotopic (exact) mass is 465 g/mol. The van der Waals surface area contributed by atoms with Crippen molar-refractivity contribution in [2.24, 2.45) is 5.14 Å². The number of fused-ring (bicyclic) bond motifs is 1. The Morgan fingerprint density at radius 2 is 1.97 bits per heavy atom. The molecule has 0 saturated carbocycles. The summed E-state index contributed by atoms with van der Waals surface area (Å²) < 4.78 is 25.5. The maximum Gasteiger partial charge on any atom is 0.269 e. The summed E-state index contributed by atoms with van der Waals surface area (Å²) in [7, 11) is -1.95. The Kier molecular flexibility index (Phi) is 6.95. The molecule has 166 valence electrons. The number of nitro benzene ring substituents is 1. The second-order valence-electron chi connectivity index (χ2n) is 7.43. The highest BCUT2D eigenvalue weighted by Crippen LogP contribution is 2.25. The third kappa shape index (κ3) is 5.40. The van der Waals surface area contributed by atoms with Gasteiger partial charge in [-0.25, -0.2) is 18.5 Å². The van der Waals surface area contributed by atoms with Gasteiger partial charge in [0.05, 0.1) is 27.4 Å². The van der Waals surface area contributed by atoms with E-state index in [1.54, 1.807) is 6.07 Å². The van der Waals surface area contributed by atoms with Crippen LogP contribution in [0.25, 0.3) is 11.0 Å². The quantitative estimate of drug-likeness (QED) is 0.379. The Balaban J connectivity index is 1.92. The van der Waals surface area contributed by atoms with Crippen molar-refractivity contribution in [2.45, 2.75) is 44.3 Å². The molecule has 31 heavy (non-hydrogen) atoms. The third-order valence-electron chi connectivity index (χ3n) is 4.95. The largest absolute Gasteiger partial charge is 0.327 e. The van der Waals surface area contributed by atoms with Gasteiger partial charge in [-0.1, -0.05) is 24.9 Å². The maximum absolute atomic E-state index is 11.7. The summed E-state index contributed by atoms with van der Waals surface area (Å²) in [6, 6.07) is 9.05. The second kappa shape index (κ2) is 9.31. The first-order chi connectivity index (χ1) is 14.6. The molecule has 0 unspecified atom stereocenters. The predicted octanol–water partition coefficient (Wildman–Crippen LogP) is 3.68. The molecule has 0 spiro atoms. The topological polar surface area (TPSA) is 124 Å². The first-order valence-corrected chi connectivity index (χ1v) is 11.7. The van der Waals surface area contributed by atoms with Crippen molar-refractivity contribution in [2.75, 3.05) is 7.05 Å². The number of nitrogens with zero attached hydrogens (tertiary/aromatic N) is 4. The number of sulfonamides is 1. The van der Waals surface area contributed by atoms with Gasteiger partial charge in [-0.15, -0.1) is 0 Å². The van der Waals surface area contributed by atoms with Crippen LogP contribution in [0.1, 0.15) is 31.2 Å². The molecule has 2 aromatic carbocycles. The van der Waals surface area contributed by atoms with E-state index in [1.807, 2.05) is 11.9 Å². The smallest absolute Gasteiger partial charge is 0.269 e. The van der Waals surface area contributed by atoms with Crippen LogP contribution in [0.3, 0.4) is 0 Å². The first kappa shape index (κ1) is 23.1. The normalized spacial score (nSPS) is 12.0. The van der Waals surface area contributed by atoms with E-state index < -0.39 is 14.9 Å². The molecule has 1 heterocycles. The van der Waals surface area contributed by atoms with E-state index in [-0.39, 0.29) is 10.6 Å². The van der Waals surface area contributed by atoms with Gasteiger partial charge in [0.2, 0.25) is 10.0 Å². The lowest BCUT2D eigenvalue weighted by Gasteiger charge is -2.18. The van der Waals surface area contributed by atoms with E-state index in [0.29, 0.717) is 29.2 Å². The van der Waals surface area contributed by atoms with Crippen molar-refractivity contribution < 1.29 is 13.3 Å². The van der Waals surface area contributed by atoms with Crippen molar-refractivity contribution in [1.29, 1.82) is 0 Å². The lowest BCUT2D eigenvalue weighted by molar-refractivity contribution is -0.384. The van der Waals surface area contributed by atoms with E-state index >= 15 is 0 Å². The molecule has 0 aliphatic heterocycles. The molecule has 0 amide bonds. The van der Waals surface area contributed by atoms with Crippen molar-refractivity contribution in [3.8, 4) is 0 Å². The predicted molar refractivity (Wildman–Crippen MR) is 119 cm³/mol. The fourth-order valence-corrected chi connectivity index (χ4v) is 4.12. The summed E-state index contributed by atoms with van der Waals surface area (Å²) in [5, 5.41) is 16.8. The SMILES string of the molecule is CCCCn1c(CN(C)Cc2cc([N+](=O)[O-])ccc2Cl)nc2cc(S(N)(=O)=O)ccc21. The first-order valence-electron chi connectivity index (χ1n) is 9.73. The molecule has 0 aliphatic carbocycles. The minimum atomic E-state index is -3.82. The molecule has 0 saturated heterocycles. The molecule has 0 aliphatic rings. The van der Waals surface area contributed by atoms with E-state index in [9.17, 15) is 18.5 Å². The number of unbranched alkanes of at least 4 members (excludes halogenated alkanes) is 1. The van der Waals surface area contributed by atoms with Crippen molar-refractivity contribution in [3.63, 3.8) is 0 Å². The van der Waals surface area contributed by atoms with Crippen molar-refractivity contribution >= 4 is 38.3 Å². The third-order valence-corrected chi connectivity index (χ3v) is 6.23. The summed E-state index contributed by atoms with van der Waals surface area (Å²) in [4.78, 5) is 17.2. The number of benzene rings is 2. The van der Waals surface area contributed by atoms with Crippen LogP contribution in [0.4, 0.5) is 5.69 Å². The maximum atomic E-state index is 11.7. The number of imidazole rings is 1. The van der Waals surface area contributed by atoms with E-state index in [2.05, 4.69) is 16.5 Å². The highest BCUT2D eigenvalue weighted by Gasteiger charge is 2.17. The molecule has 11 heteroatoms. The van der Waals surface area contributed by atoms with Crippen LogP contribution >= 0.6 is 11.6 Å². The van der Waals surface area contributed by atoms with E-state index in [1.165, 1.54) is 30.3 Å². The van der Waals surface area contributed by atoms with Crippen LogP contribution in [0.15, 0.2) is 41.3 Å². The number of primary sulfonamides is 1. The van der Waals surface area contributed by atoms with Gasteiger partial charge >= 0.3 is 0 Å². The van der Waals surface area contributed by atoms with Gasteiger partial charge in [0.1, 0.15) is 5.82 Å². The molecule has 2 N–H and O–H groups in total. The van der Waals surface area contributed by atoms with E-state index in [4.69, 9.17) is 16.7 Å². The van der Waals surface area contributed by atoms with Gasteiger partial charge in [0.15, 0.2) is 0 Å². The molecular weight excluding hydrogens is 442 g/mol. The number of nitrogens with two attached hydrogens (primary N) is 1. The Bertz CT molecular complexity index is 1230. The highest BCUT2D eigenvalue weighted by atomic mass is 35.5. The summed E-state index contributed by atoms with van der Waals surface area (Å²) in [5.74, 6) is 0.763. The summed E-state index contributed by atoms with van der Waals surface area (Å²) >= 11 is 6.23. The van der Waals surface area contributed by atoms with Crippen molar-refractivity contribution in [1.82, 2.24) is 14.5 Å². The number of aromatic nitrogens is 2. The van der Waals surface area contributed by atoms with Gasteiger partial charge in [-0.2, -0.15) is 0 Å². The molecule has 3 rings (SSSR count). The molecule has 1 aromatic heterocycles. The fraction of sp³-hybridized carbons (Fsp3) is 0.350. The Hall–Kier alpha value is -2.53. The number of non-ortho nitro benzene ring substituents is 1. The van der Waals surface area contributed by atoms with Gasteiger partial charge in [-0.05, 0) is 43.3 Å². The summed E-state index contributed by atoms with van der Waals surface area (Å²) in [5.41, 5.74) is 2.02. The zero-order chi connectivity index (χ0) is 22.8. The van der Waals surface area contributed by atoms with Crippen LogP contribution in [0.5, 0.6) is 0 Å². The summed E-state index contributed by atoms with van der Waals surface area (Å²) in [6.07, 6.45) is 1.93. The lowest BCUT2D eigenvalue weighted by Crippen LogP contribution is -2.20. The molecule has 9 nitrogen and oxygen atoms in total. The highest BCUT2D eigenvalue weighted by molar-refractivity contribution is 7.89. The van der Waals surface area contributed by atoms with E-state index in [0.717, 1.165) is 30.7 Å². The van der Waals surface area contributed by atoms with Crippen LogP contribution in [0, 0.1) is 10.1 Å². The zero-order valence-corrected chi connectivity index (χ0v) is 18.9. The molecule has 3 aromatic rings. The van der Waals surface area contributed by atoms with Gasteiger partial charge < -0.3 is 4.57 Å². The number of halogens is 1. The Morgan fingerprint density at radius 1 is 1.23 bits per heavy atom. The standard InChI is InChI=1S/C20H24ClN5O4S/c1-3-4-9-25-19-8-6-16(31(22,29)30)11-18(19)23-20(25)13-24(2)12-14-10-15(26(27)28)5-7-17(14)21/h5-8,10-11H,3-4,9,12-13H2,1-2H3,(H2,22,29,30). The molecule has 0 radical (unpaired) electrons. The number of nitro groups is 1. The number of hydrogen-bond acceptors (Lipinski definition) is 6. The van der Waals surface area contributed by atoms with Gasteiger partial charge in [-0.3, -0.25) is 15.0 Å². The minimum absolute atomic E-state index is 0.0153. The average Bonchev–Trinajstić information content (AvgIpc) is 3.03. The second-order valence-corrected chi connectivity index (χ2v) is 9.40. The van der Waals surface area contributed by atoms with Crippen LogP contribution < -0.4 is 5.14 Å². The van der Waals surface area contributed by atoms with Crippen LogP contribution in [-0.4, -0.2) is 34.8 Å². The van der Waals surface area contributed by atoms with Crippen LogP contribution in [0.2, 0.25) is 5.02 Å². The van der Waals surface area contributed by atoms with Gasteiger partial charge in [0, 0.05) is 30.2 Å². The molecule has 0 fully saturated rings. The average molecular weight is 466 g/mol. The summed E-state index contributed by atoms with van der Waals surface area (Å²) in [6.45, 7) is 3.67. The number of aryl methyl sites for hydroxylation is 1. The number of hydrogen-bond donors (Lipinski definition) is 1. The Morgan fingerprint density at radius 3 is 2.61 bits per heavy atom.